The van der Waals surface area contributed by atoms with Crippen LogP contribution in [0, 0.1) is 0 Å². The second-order valence-electron chi connectivity index (χ2n) is 6.04. The highest BCUT2D eigenvalue weighted by molar-refractivity contribution is 5.12. The summed E-state index contributed by atoms with van der Waals surface area (Å²) in [7, 11) is 0. The number of nitrogens with one attached hydrogen (secondary N) is 1. The standard InChI is InChI=1S/C16H29NO3/c1-5-6-7-18-8-9-19-13-15-10-14(12-20-15)11-17-16(2,3)4/h10,12,17H,5-9,11,13H2,1-4H3. The first-order valence-electron chi connectivity index (χ1n) is 7.48. The minimum Gasteiger partial charge on any atom is -0.467 e. The smallest absolute Gasteiger partial charge is 0.129 e. The van der Waals surface area contributed by atoms with Gasteiger partial charge in [-0.15, -0.1) is 0 Å². The van der Waals surface area contributed by atoms with E-state index in [0.717, 1.165) is 30.9 Å². The Kier molecular flexibility index (Phi) is 7.88. The first-order valence-corrected chi connectivity index (χ1v) is 7.48. The maximum atomic E-state index is 5.52. The van der Waals surface area contributed by atoms with Crippen molar-refractivity contribution >= 4 is 0 Å². The summed E-state index contributed by atoms with van der Waals surface area (Å²) in [6.07, 6.45) is 4.07. The average molecular weight is 283 g/mol. The first-order chi connectivity index (χ1) is 9.51. The summed E-state index contributed by atoms with van der Waals surface area (Å²) >= 11 is 0. The van der Waals surface area contributed by atoms with Gasteiger partial charge in [0, 0.05) is 24.3 Å². The molecule has 1 aromatic rings. The van der Waals surface area contributed by atoms with Crippen LogP contribution in [0.2, 0.25) is 0 Å². The predicted molar refractivity (Wildman–Crippen MR) is 80.7 cm³/mol. The molecule has 0 aliphatic carbocycles. The van der Waals surface area contributed by atoms with Crippen LogP contribution in [0.15, 0.2) is 16.7 Å². The van der Waals surface area contributed by atoms with Gasteiger partial charge in [-0.3, -0.25) is 0 Å². The van der Waals surface area contributed by atoms with Crippen molar-refractivity contribution < 1.29 is 13.9 Å². The van der Waals surface area contributed by atoms with E-state index in [1.54, 1.807) is 6.26 Å². The molecular formula is C16H29NO3. The van der Waals surface area contributed by atoms with E-state index in [2.05, 4.69) is 33.0 Å². The van der Waals surface area contributed by atoms with Gasteiger partial charge in [0.05, 0.1) is 19.5 Å². The van der Waals surface area contributed by atoms with E-state index in [1.807, 2.05) is 6.07 Å². The van der Waals surface area contributed by atoms with Gasteiger partial charge in [0.15, 0.2) is 0 Å². The fraction of sp³-hybridized carbons (Fsp3) is 0.750. The quantitative estimate of drug-likeness (QED) is 0.667. The molecule has 0 amide bonds. The number of unbranched alkanes of at least 4 members (excludes halogenated alkanes) is 1. The molecule has 1 N–H and O–H groups in total. The normalized spacial score (nSPS) is 12.0. The Labute approximate surface area is 122 Å². The molecule has 1 aromatic heterocycles. The molecule has 0 spiro atoms. The van der Waals surface area contributed by atoms with Gasteiger partial charge >= 0.3 is 0 Å². The van der Waals surface area contributed by atoms with E-state index in [9.17, 15) is 0 Å². The maximum Gasteiger partial charge on any atom is 0.129 e. The van der Waals surface area contributed by atoms with E-state index in [1.165, 1.54) is 6.42 Å². The minimum atomic E-state index is 0.115. The third-order valence-corrected chi connectivity index (χ3v) is 2.79. The molecule has 0 bridgehead atoms. The zero-order valence-electron chi connectivity index (χ0n) is 13.3. The lowest BCUT2D eigenvalue weighted by atomic mass is 10.1. The van der Waals surface area contributed by atoms with Gasteiger partial charge in [0.1, 0.15) is 12.4 Å². The summed E-state index contributed by atoms with van der Waals surface area (Å²) in [4.78, 5) is 0. The van der Waals surface area contributed by atoms with Crippen molar-refractivity contribution in [2.24, 2.45) is 0 Å². The zero-order valence-corrected chi connectivity index (χ0v) is 13.3. The molecule has 20 heavy (non-hydrogen) atoms. The highest BCUT2D eigenvalue weighted by atomic mass is 16.5. The maximum absolute atomic E-state index is 5.52. The fourth-order valence-electron chi connectivity index (χ4n) is 1.60. The van der Waals surface area contributed by atoms with Crippen molar-refractivity contribution in [1.29, 1.82) is 0 Å². The van der Waals surface area contributed by atoms with Gasteiger partial charge in [-0.25, -0.2) is 0 Å². The van der Waals surface area contributed by atoms with Crippen LogP contribution in [0.5, 0.6) is 0 Å². The molecule has 0 atom stereocenters. The molecule has 0 aliphatic rings. The summed E-state index contributed by atoms with van der Waals surface area (Å²) in [5.74, 6) is 0.865. The molecule has 1 rings (SSSR count). The molecule has 1 heterocycles. The number of ether oxygens (including phenoxy) is 2. The van der Waals surface area contributed by atoms with Gasteiger partial charge in [-0.2, -0.15) is 0 Å². The fourth-order valence-corrected chi connectivity index (χ4v) is 1.60. The molecule has 0 aliphatic heterocycles. The summed E-state index contributed by atoms with van der Waals surface area (Å²) < 4.78 is 16.4. The summed E-state index contributed by atoms with van der Waals surface area (Å²) in [5, 5.41) is 3.43. The van der Waals surface area contributed by atoms with Crippen LogP contribution in [0.25, 0.3) is 0 Å². The molecule has 0 fully saturated rings. The molecule has 116 valence electrons. The lowest BCUT2D eigenvalue weighted by Crippen LogP contribution is -2.34. The van der Waals surface area contributed by atoms with E-state index in [-0.39, 0.29) is 5.54 Å². The van der Waals surface area contributed by atoms with E-state index < -0.39 is 0 Å². The van der Waals surface area contributed by atoms with Gasteiger partial charge < -0.3 is 19.2 Å². The van der Waals surface area contributed by atoms with Crippen molar-refractivity contribution in [2.75, 3.05) is 19.8 Å². The number of rotatable bonds is 10. The third-order valence-electron chi connectivity index (χ3n) is 2.79. The van der Waals surface area contributed by atoms with Crippen molar-refractivity contribution in [3.05, 3.63) is 23.7 Å². The van der Waals surface area contributed by atoms with Crippen molar-refractivity contribution in [3.63, 3.8) is 0 Å². The van der Waals surface area contributed by atoms with Crippen LogP contribution in [0.1, 0.15) is 51.9 Å². The Balaban J connectivity index is 2.11. The van der Waals surface area contributed by atoms with E-state index >= 15 is 0 Å². The monoisotopic (exact) mass is 283 g/mol. The van der Waals surface area contributed by atoms with E-state index in [4.69, 9.17) is 13.9 Å². The Morgan fingerprint density at radius 2 is 1.90 bits per heavy atom. The van der Waals surface area contributed by atoms with Crippen molar-refractivity contribution in [3.8, 4) is 0 Å². The topological polar surface area (TPSA) is 43.6 Å². The lowest BCUT2D eigenvalue weighted by Gasteiger charge is -2.19. The molecule has 0 saturated carbocycles. The minimum absolute atomic E-state index is 0.115. The Bertz CT molecular complexity index is 355. The highest BCUT2D eigenvalue weighted by Gasteiger charge is 2.09. The second kappa shape index (κ2) is 9.16. The molecule has 0 aromatic carbocycles. The largest absolute Gasteiger partial charge is 0.467 e. The van der Waals surface area contributed by atoms with Crippen molar-refractivity contribution in [1.82, 2.24) is 5.32 Å². The number of furan rings is 1. The van der Waals surface area contributed by atoms with Crippen LogP contribution in [0.3, 0.4) is 0 Å². The van der Waals surface area contributed by atoms with Crippen LogP contribution >= 0.6 is 0 Å². The summed E-state index contributed by atoms with van der Waals surface area (Å²) in [6, 6.07) is 2.04. The Morgan fingerprint density at radius 3 is 2.60 bits per heavy atom. The average Bonchev–Trinajstić information content (AvgIpc) is 2.82. The van der Waals surface area contributed by atoms with E-state index in [0.29, 0.717) is 19.8 Å². The van der Waals surface area contributed by atoms with Gasteiger partial charge in [0.25, 0.3) is 0 Å². The van der Waals surface area contributed by atoms with Crippen molar-refractivity contribution in [2.45, 2.75) is 59.2 Å². The molecule has 0 radical (unpaired) electrons. The van der Waals surface area contributed by atoms with Gasteiger partial charge in [-0.1, -0.05) is 13.3 Å². The van der Waals surface area contributed by atoms with Crippen LogP contribution in [-0.4, -0.2) is 25.4 Å². The van der Waals surface area contributed by atoms with Gasteiger partial charge in [-0.05, 0) is 33.3 Å². The first kappa shape index (κ1) is 17.2. The van der Waals surface area contributed by atoms with Gasteiger partial charge in [0.2, 0.25) is 0 Å². The SMILES string of the molecule is CCCCOCCOCc1cc(CNC(C)(C)C)co1. The Morgan fingerprint density at radius 1 is 1.15 bits per heavy atom. The molecule has 0 unspecified atom stereocenters. The highest BCUT2D eigenvalue weighted by Crippen LogP contribution is 2.10. The summed E-state index contributed by atoms with van der Waals surface area (Å²) in [6.45, 7) is 12.0. The molecule has 4 nitrogen and oxygen atoms in total. The Hall–Kier alpha value is -0.840. The molecule has 4 heteroatoms. The van der Waals surface area contributed by atoms with Crippen LogP contribution in [-0.2, 0) is 22.6 Å². The predicted octanol–water partition coefficient (Wildman–Crippen LogP) is 3.50. The summed E-state index contributed by atoms with van der Waals surface area (Å²) in [5.41, 5.74) is 1.27. The molecular weight excluding hydrogens is 254 g/mol. The number of hydrogen-bond acceptors (Lipinski definition) is 4. The number of hydrogen-bond donors (Lipinski definition) is 1. The molecule has 0 saturated heterocycles. The third kappa shape index (κ3) is 8.35. The zero-order chi connectivity index (χ0) is 14.8. The van der Waals surface area contributed by atoms with Crippen LogP contribution < -0.4 is 5.32 Å². The van der Waals surface area contributed by atoms with Crippen LogP contribution in [0.4, 0.5) is 0 Å². The lowest BCUT2D eigenvalue weighted by molar-refractivity contribution is 0.0339. The second-order valence-corrected chi connectivity index (χ2v) is 6.04.